The molecule has 0 aliphatic heterocycles. The molecule has 0 radical (unpaired) electrons. The van der Waals surface area contributed by atoms with E-state index in [9.17, 15) is 4.79 Å². The summed E-state index contributed by atoms with van der Waals surface area (Å²) in [6, 6.07) is 11.5. The zero-order valence-electron chi connectivity index (χ0n) is 11.7. The SMILES string of the molecule is CC(NC(=O)[C@@H](C)N)c1ccc(-c2ccncc2)cc1. The van der Waals surface area contributed by atoms with E-state index in [1.807, 2.05) is 43.3 Å². The minimum atomic E-state index is -0.492. The number of amides is 1. The quantitative estimate of drug-likeness (QED) is 0.894. The normalized spacial score (nSPS) is 13.6. The second kappa shape index (κ2) is 6.30. The lowest BCUT2D eigenvalue weighted by Gasteiger charge is -2.16. The lowest BCUT2D eigenvalue weighted by atomic mass is 10.0. The molecule has 0 spiro atoms. The predicted octanol–water partition coefficient (Wildman–Crippen LogP) is 2.27. The van der Waals surface area contributed by atoms with E-state index < -0.39 is 6.04 Å². The van der Waals surface area contributed by atoms with E-state index in [2.05, 4.69) is 10.3 Å². The Morgan fingerprint density at radius 2 is 1.60 bits per heavy atom. The van der Waals surface area contributed by atoms with Crippen LogP contribution in [0.5, 0.6) is 0 Å². The molecule has 1 amide bonds. The van der Waals surface area contributed by atoms with Crippen molar-refractivity contribution in [1.29, 1.82) is 0 Å². The lowest BCUT2D eigenvalue weighted by molar-refractivity contribution is -0.122. The van der Waals surface area contributed by atoms with Crippen LogP contribution >= 0.6 is 0 Å². The van der Waals surface area contributed by atoms with Crippen LogP contribution in [0.25, 0.3) is 11.1 Å². The Morgan fingerprint density at radius 3 is 2.15 bits per heavy atom. The lowest BCUT2D eigenvalue weighted by Crippen LogP contribution is -2.39. The van der Waals surface area contributed by atoms with Crippen molar-refractivity contribution in [2.75, 3.05) is 0 Å². The Hall–Kier alpha value is -2.20. The molecule has 1 aromatic carbocycles. The highest BCUT2D eigenvalue weighted by Gasteiger charge is 2.12. The molecule has 2 atom stereocenters. The summed E-state index contributed by atoms with van der Waals surface area (Å²) in [5, 5.41) is 2.88. The standard InChI is InChI=1S/C16H19N3O/c1-11(17)16(20)19-12(2)13-3-5-14(6-4-13)15-7-9-18-10-8-15/h3-12H,17H2,1-2H3,(H,19,20)/t11-,12?/m1/s1. The third-order valence-electron chi connectivity index (χ3n) is 3.20. The van der Waals surface area contributed by atoms with Crippen molar-refractivity contribution in [2.24, 2.45) is 5.73 Å². The monoisotopic (exact) mass is 269 g/mol. The Bertz CT molecular complexity index is 564. The van der Waals surface area contributed by atoms with Crippen molar-refractivity contribution in [2.45, 2.75) is 25.9 Å². The summed E-state index contributed by atoms with van der Waals surface area (Å²) in [5.74, 6) is -0.143. The minimum absolute atomic E-state index is 0.0556. The van der Waals surface area contributed by atoms with Crippen molar-refractivity contribution >= 4 is 5.91 Å². The molecule has 0 fully saturated rings. The van der Waals surface area contributed by atoms with Gasteiger partial charge in [0.1, 0.15) is 0 Å². The number of aromatic nitrogens is 1. The van der Waals surface area contributed by atoms with Crippen LogP contribution in [0, 0.1) is 0 Å². The van der Waals surface area contributed by atoms with Gasteiger partial charge in [0.2, 0.25) is 5.91 Å². The van der Waals surface area contributed by atoms with Crippen LogP contribution in [0.2, 0.25) is 0 Å². The van der Waals surface area contributed by atoms with Gasteiger partial charge in [0.15, 0.2) is 0 Å². The highest BCUT2D eigenvalue weighted by molar-refractivity contribution is 5.81. The van der Waals surface area contributed by atoms with E-state index in [4.69, 9.17) is 5.73 Å². The molecule has 4 heteroatoms. The van der Waals surface area contributed by atoms with Gasteiger partial charge in [-0.05, 0) is 42.7 Å². The van der Waals surface area contributed by atoms with Crippen LogP contribution in [0.4, 0.5) is 0 Å². The number of rotatable bonds is 4. The summed E-state index contributed by atoms with van der Waals surface area (Å²) in [6.45, 7) is 3.62. The first kappa shape index (κ1) is 14.2. The van der Waals surface area contributed by atoms with E-state index in [0.717, 1.165) is 16.7 Å². The summed E-state index contributed by atoms with van der Waals surface area (Å²) in [5.41, 5.74) is 8.85. The van der Waals surface area contributed by atoms with Gasteiger partial charge in [-0.2, -0.15) is 0 Å². The molecule has 0 saturated heterocycles. The van der Waals surface area contributed by atoms with Gasteiger partial charge in [-0.15, -0.1) is 0 Å². The smallest absolute Gasteiger partial charge is 0.237 e. The Kier molecular flexibility index (Phi) is 4.48. The highest BCUT2D eigenvalue weighted by Crippen LogP contribution is 2.21. The first-order chi connectivity index (χ1) is 9.58. The van der Waals surface area contributed by atoms with Gasteiger partial charge in [-0.25, -0.2) is 0 Å². The largest absolute Gasteiger partial charge is 0.348 e. The molecule has 1 unspecified atom stereocenters. The third-order valence-corrected chi connectivity index (χ3v) is 3.20. The number of pyridine rings is 1. The molecule has 0 saturated carbocycles. The van der Waals surface area contributed by atoms with Crippen molar-refractivity contribution in [3.8, 4) is 11.1 Å². The molecule has 104 valence electrons. The second-order valence-electron chi connectivity index (χ2n) is 4.88. The third kappa shape index (κ3) is 3.42. The van der Waals surface area contributed by atoms with Crippen LogP contribution < -0.4 is 11.1 Å². The summed E-state index contributed by atoms with van der Waals surface area (Å²) in [7, 11) is 0. The zero-order valence-corrected chi connectivity index (χ0v) is 11.7. The molecule has 1 aromatic heterocycles. The molecular weight excluding hydrogens is 250 g/mol. The van der Waals surface area contributed by atoms with E-state index in [-0.39, 0.29) is 11.9 Å². The van der Waals surface area contributed by atoms with Crippen molar-refractivity contribution in [3.63, 3.8) is 0 Å². The van der Waals surface area contributed by atoms with Gasteiger partial charge in [-0.3, -0.25) is 9.78 Å². The molecule has 1 heterocycles. The van der Waals surface area contributed by atoms with E-state index >= 15 is 0 Å². The molecule has 0 aliphatic rings. The fourth-order valence-corrected chi connectivity index (χ4v) is 1.94. The first-order valence-corrected chi connectivity index (χ1v) is 6.64. The van der Waals surface area contributed by atoms with E-state index in [1.165, 1.54) is 0 Å². The Morgan fingerprint density at radius 1 is 1.05 bits per heavy atom. The zero-order chi connectivity index (χ0) is 14.5. The number of hydrogen-bond donors (Lipinski definition) is 2. The summed E-state index contributed by atoms with van der Waals surface area (Å²) >= 11 is 0. The van der Waals surface area contributed by atoms with Crippen LogP contribution in [0.3, 0.4) is 0 Å². The molecular formula is C16H19N3O. The number of benzene rings is 1. The van der Waals surface area contributed by atoms with Gasteiger partial charge in [-0.1, -0.05) is 24.3 Å². The first-order valence-electron chi connectivity index (χ1n) is 6.64. The maximum atomic E-state index is 11.6. The number of hydrogen-bond acceptors (Lipinski definition) is 3. The fourth-order valence-electron chi connectivity index (χ4n) is 1.94. The molecule has 3 N–H and O–H groups in total. The molecule has 0 aliphatic carbocycles. The topological polar surface area (TPSA) is 68.0 Å². The average molecular weight is 269 g/mol. The number of carbonyl (C=O) groups excluding carboxylic acids is 1. The Balaban J connectivity index is 2.10. The molecule has 20 heavy (non-hydrogen) atoms. The summed E-state index contributed by atoms with van der Waals surface area (Å²) in [6.07, 6.45) is 3.55. The summed E-state index contributed by atoms with van der Waals surface area (Å²) < 4.78 is 0. The van der Waals surface area contributed by atoms with Gasteiger partial charge in [0.05, 0.1) is 12.1 Å². The van der Waals surface area contributed by atoms with Gasteiger partial charge >= 0.3 is 0 Å². The number of nitrogens with two attached hydrogens (primary N) is 1. The average Bonchev–Trinajstić information content (AvgIpc) is 2.48. The van der Waals surface area contributed by atoms with Crippen LogP contribution in [-0.4, -0.2) is 16.9 Å². The maximum Gasteiger partial charge on any atom is 0.237 e. The van der Waals surface area contributed by atoms with Crippen molar-refractivity contribution in [1.82, 2.24) is 10.3 Å². The number of nitrogens with one attached hydrogen (secondary N) is 1. The summed E-state index contributed by atoms with van der Waals surface area (Å²) in [4.78, 5) is 15.6. The molecule has 4 nitrogen and oxygen atoms in total. The molecule has 2 aromatic rings. The predicted molar refractivity (Wildman–Crippen MR) is 79.9 cm³/mol. The van der Waals surface area contributed by atoms with Crippen molar-refractivity contribution < 1.29 is 4.79 Å². The van der Waals surface area contributed by atoms with Gasteiger partial charge in [0, 0.05) is 12.4 Å². The van der Waals surface area contributed by atoms with Crippen LogP contribution in [-0.2, 0) is 4.79 Å². The maximum absolute atomic E-state index is 11.6. The minimum Gasteiger partial charge on any atom is -0.348 e. The van der Waals surface area contributed by atoms with E-state index in [0.29, 0.717) is 0 Å². The second-order valence-corrected chi connectivity index (χ2v) is 4.88. The van der Waals surface area contributed by atoms with Gasteiger partial charge < -0.3 is 11.1 Å². The van der Waals surface area contributed by atoms with E-state index in [1.54, 1.807) is 19.3 Å². The van der Waals surface area contributed by atoms with Crippen LogP contribution in [0.15, 0.2) is 48.8 Å². The van der Waals surface area contributed by atoms with Crippen LogP contribution in [0.1, 0.15) is 25.5 Å². The Labute approximate surface area is 119 Å². The highest BCUT2D eigenvalue weighted by atomic mass is 16.2. The fraction of sp³-hybridized carbons (Fsp3) is 0.250. The molecule has 0 bridgehead atoms. The van der Waals surface area contributed by atoms with Crippen molar-refractivity contribution in [3.05, 3.63) is 54.4 Å². The number of carbonyl (C=O) groups is 1. The number of nitrogens with zero attached hydrogens (tertiary/aromatic N) is 1. The van der Waals surface area contributed by atoms with Gasteiger partial charge in [0.25, 0.3) is 0 Å². The molecule has 2 rings (SSSR count).